The second-order valence-electron chi connectivity index (χ2n) is 5.58. The van der Waals surface area contributed by atoms with Crippen LogP contribution in [-0.4, -0.2) is 39.0 Å². The molecule has 1 aromatic heterocycles. The number of hydrogen-bond acceptors (Lipinski definition) is 6. The van der Waals surface area contributed by atoms with Crippen molar-refractivity contribution >= 4 is 27.8 Å². The fourth-order valence-corrected chi connectivity index (χ4v) is 3.38. The summed E-state index contributed by atoms with van der Waals surface area (Å²) in [4.78, 5) is 2.17. The molecule has 3 rings (SSSR count). The molecule has 2 aromatic carbocycles. The first-order valence-electron chi connectivity index (χ1n) is 8.01. The minimum Gasteiger partial charge on any atom is -0.493 e. The number of ether oxygens (including phenoxy) is 2. The number of nitrogens with one attached hydrogen (secondary N) is 2. The summed E-state index contributed by atoms with van der Waals surface area (Å²) >= 11 is 5.90. The van der Waals surface area contributed by atoms with Gasteiger partial charge in [0.25, 0.3) is 10.0 Å². The van der Waals surface area contributed by atoms with Crippen LogP contribution in [0, 0.1) is 0 Å². The molecule has 0 fully saturated rings. The lowest BCUT2D eigenvalue weighted by molar-refractivity contribution is 0.354. The maximum absolute atomic E-state index is 12.5. The van der Waals surface area contributed by atoms with Gasteiger partial charge in [0.15, 0.2) is 11.5 Å². The zero-order valence-electron chi connectivity index (χ0n) is 15.0. The Morgan fingerprint density at radius 2 is 1.82 bits per heavy atom. The molecule has 0 aliphatic carbocycles. The first-order valence-corrected chi connectivity index (χ1v) is 9.87. The van der Waals surface area contributed by atoms with E-state index in [1.165, 1.54) is 44.8 Å². The molecular formula is C18H17ClN4O4S. The Hall–Kier alpha value is -3.04. The first kappa shape index (κ1) is 19.7. The molecule has 3 aromatic rings. The molecule has 0 saturated carbocycles. The van der Waals surface area contributed by atoms with Gasteiger partial charge in [-0.15, -0.1) is 0 Å². The second-order valence-corrected chi connectivity index (χ2v) is 7.67. The highest BCUT2D eigenvalue weighted by Crippen LogP contribution is 2.29. The maximum atomic E-state index is 12.5. The monoisotopic (exact) mass is 420 g/mol. The number of hydrazone groups is 1. The van der Waals surface area contributed by atoms with Crippen LogP contribution in [0.5, 0.6) is 11.5 Å². The molecule has 10 heteroatoms. The van der Waals surface area contributed by atoms with Gasteiger partial charge in [-0.3, -0.25) is 5.10 Å². The van der Waals surface area contributed by atoms with Crippen LogP contribution in [0.1, 0.15) is 5.56 Å². The van der Waals surface area contributed by atoms with Gasteiger partial charge < -0.3 is 9.47 Å². The minimum absolute atomic E-state index is 0.00702. The average molecular weight is 421 g/mol. The zero-order valence-corrected chi connectivity index (χ0v) is 16.6. The quantitative estimate of drug-likeness (QED) is 0.451. The maximum Gasteiger partial charge on any atom is 0.276 e. The van der Waals surface area contributed by atoms with Crippen LogP contribution >= 0.6 is 11.6 Å². The summed E-state index contributed by atoms with van der Waals surface area (Å²) in [5.41, 5.74) is 2.13. The SMILES string of the molecule is COc1ccc(S(=O)(=O)NN=Cc2cn[nH]c2-c2ccc(Cl)cc2)cc1OC. The van der Waals surface area contributed by atoms with Crippen LogP contribution in [0.15, 0.2) is 58.7 Å². The molecule has 146 valence electrons. The van der Waals surface area contributed by atoms with E-state index in [0.29, 0.717) is 27.8 Å². The standard InChI is InChI=1S/C18H17ClN4O4S/c1-26-16-8-7-15(9-17(16)27-2)28(24,25)23-21-11-13-10-20-22-18(13)12-3-5-14(19)6-4-12/h3-11,23H,1-2H3,(H,20,22). The van der Waals surface area contributed by atoms with E-state index >= 15 is 0 Å². The highest BCUT2D eigenvalue weighted by atomic mass is 35.5. The Bertz CT molecular complexity index is 1100. The molecule has 0 radical (unpaired) electrons. The number of hydrogen-bond donors (Lipinski definition) is 2. The van der Waals surface area contributed by atoms with Crippen LogP contribution in [-0.2, 0) is 10.0 Å². The van der Waals surface area contributed by atoms with Crippen molar-refractivity contribution in [1.29, 1.82) is 0 Å². The van der Waals surface area contributed by atoms with E-state index in [2.05, 4.69) is 20.1 Å². The summed E-state index contributed by atoms with van der Waals surface area (Å²) in [6.45, 7) is 0. The summed E-state index contributed by atoms with van der Waals surface area (Å²) in [5, 5.41) is 11.3. The Morgan fingerprint density at radius 1 is 1.11 bits per heavy atom. The zero-order chi connectivity index (χ0) is 20.1. The molecule has 0 spiro atoms. The Kier molecular flexibility index (Phi) is 5.86. The highest BCUT2D eigenvalue weighted by Gasteiger charge is 2.16. The summed E-state index contributed by atoms with van der Waals surface area (Å²) < 4.78 is 35.2. The van der Waals surface area contributed by atoms with Gasteiger partial charge in [0.2, 0.25) is 0 Å². The number of aromatic amines is 1. The van der Waals surface area contributed by atoms with Gasteiger partial charge in [-0.05, 0) is 24.3 Å². The van der Waals surface area contributed by atoms with Gasteiger partial charge in [-0.1, -0.05) is 23.7 Å². The number of rotatable bonds is 7. The first-order chi connectivity index (χ1) is 13.4. The molecule has 0 atom stereocenters. The third kappa shape index (κ3) is 4.26. The largest absolute Gasteiger partial charge is 0.493 e. The number of H-pyrrole nitrogens is 1. The van der Waals surface area contributed by atoms with E-state index in [4.69, 9.17) is 21.1 Å². The minimum atomic E-state index is -3.89. The lowest BCUT2D eigenvalue weighted by atomic mass is 10.1. The molecular weight excluding hydrogens is 404 g/mol. The van der Waals surface area contributed by atoms with E-state index in [1.807, 2.05) is 12.1 Å². The normalized spacial score (nSPS) is 11.5. The van der Waals surface area contributed by atoms with Gasteiger partial charge in [0.1, 0.15) is 0 Å². The fourth-order valence-electron chi connectivity index (χ4n) is 2.44. The van der Waals surface area contributed by atoms with Crippen molar-refractivity contribution in [2.75, 3.05) is 14.2 Å². The van der Waals surface area contributed by atoms with E-state index in [0.717, 1.165) is 5.56 Å². The average Bonchev–Trinajstić information content (AvgIpc) is 3.16. The number of nitrogens with zero attached hydrogens (tertiary/aromatic N) is 2. The van der Waals surface area contributed by atoms with E-state index in [9.17, 15) is 8.42 Å². The van der Waals surface area contributed by atoms with Gasteiger partial charge >= 0.3 is 0 Å². The van der Waals surface area contributed by atoms with Gasteiger partial charge in [-0.25, -0.2) is 4.83 Å². The Morgan fingerprint density at radius 3 is 2.50 bits per heavy atom. The molecule has 0 amide bonds. The van der Waals surface area contributed by atoms with Crippen molar-refractivity contribution in [3.05, 3.63) is 59.2 Å². The third-order valence-corrected chi connectivity index (χ3v) is 5.32. The van der Waals surface area contributed by atoms with Crippen molar-refractivity contribution in [1.82, 2.24) is 15.0 Å². The Balaban J connectivity index is 1.80. The van der Waals surface area contributed by atoms with Crippen LogP contribution in [0.4, 0.5) is 0 Å². The highest BCUT2D eigenvalue weighted by molar-refractivity contribution is 7.89. The molecule has 1 heterocycles. The molecule has 0 aliphatic rings. The summed E-state index contributed by atoms with van der Waals surface area (Å²) in [5.74, 6) is 0.727. The number of aromatic nitrogens is 2. The molecule has 0 bridgehead atoms. The topological polar surface area (TPSA) is 106 Å². The third-order valence-electron chi connectivity index (χ3n) is 3.84. The lowest BCUT2D eigenvalue weighted by Crippen LogP contribution is -2.18. The second kappa shape index (κ2) is 8.32. The summed E-state index contributed by atoms with van der Waals surface area (Å²) in [6, 6.07) is 11.4. The van der Waals surface area contributed by atoms with Crippen LogP contribution < -0.4 is 14.3 Å². The number of halogens is 1. The van der Waals surface area contributed by atoms with E-state index in [1.54, 1.807) is 12.1 Å². The predicted molar refractivity (Wildman–Crippen MR) is 106 cm³/mol. The summed E-state index contributed by atoms with van der Waals surface area (Å²) in [7, 11) is -0.988. The molecule has 0 unspecified atom stereocenters. The van der Waals surface area contributed by atoms with Crippen molar-refractivity contribution in [3.63, 3.8) is 0 Å². The molecule has 2 N–H and O–H groups in total. The van der Waals surface area contributed by atoms with Gasteiger partial charge in [0.05, 0.1) is 37.2 Å². The van der Waals surface area contributed by atoms with Crippen molar-refractivity contribution in [2.24, 2.45) is 5.10 Å². The molecule has 0 saturated heterocycles. The number of methoxy groups -OCH3 is 2. The van der Waals surface area contributed by atoms with E-state index < -0.39 is 10.0 Å². The number of benzene rings is 2. The number of sulfonamides is 1. The van der Waals surface area contributed by atoms with Crippen molar-refractivity contribution in [2.45, 2.75) is 4.90 Å². The van der Waals surface area contributed by atoms with Crippen LogP contribution in [0.3, 0.4) is 0 Å². The van der Waals surface area contributed by atoms with Gasteiger partial charge in [0, 0.05) is 22.2 Å². The van der Waals surface area contributed by atoms with Gasteiger partial charge in [-0.2, -0.15) is 18.6 Å². The predicted octanol–water partition coefficient (Wildman–Crippen LogP) is 3.06. The summed E-state index contributed by atoms with van der Waals surface area (Å²) in [6.07, 6.45) is 2.91. The van der Waals surface area contributed by atoms with Crippen molar-refractivity contribution < 1.29 is 17.9 Å². The van der Waals surface area contributed by atoms with E-state index in [-0.39, 0.29) is 4.90 Å². The fraction of sp³-hybridized carbons (Fsp3) is 0.111. The smallest absolute Gasteiger partial charge is 0.276 e. The van der Waals surface area contributed by atoms with Crippen molar-refractivity contribution in [3.8, 4) is 22.8 Å². The van der Waals surface area contributed by atoms with Crippen LogP contribution in [0.2, 0.25) is 5.02 Å². The molecule has 8 nitrogen and oxygen atoms in total. The van der Waals surface area contributed by atoms with Crippen LogP contribution in [0.25, 0.3) is 11.3 Å². The lowest BCUT2D eigenvalue weighted by Gasteiger charge is -2.09. The molecule has 28 heavy (non-hydrogen) atoms. The molecule has 0 aliphatic heterocycles. The Labute approximate surface area is 167 Å².